The van der Waals surface area contributed by atoms with Gasteiger partial charge in [-0.25, -0.2) is 0 Å². The van der Waals surface area contributed by atoms with E-state index in [9.17, 15) is 22.8 Å². The predicted octanol–water partition coefficient (Wildman–Crippen LogP) is 3.79. The van der Waals surface area contributed by atoms with E-state index in [1.165, 1.54) is 13.2 Å². The van der Waals surface area contributed by atoms with Crippen molar-refractivity contribution in [3.05, 3.63) is 29.3 Å². The first-order chi connectivity index (χ1) is 12.7. The topological polar surface area (TPSA) is 61.8 Å². The Morgan fingerprint density at radius 1 is 1.15 bits per heavy atom. The summed E-state index contributed by atoms with van der Waals surface area (Å²) in [7, 11) is 1.42. The van der Waals surface area contributed by atoms with Crippen molar-refractivity contribution in [2.75, 3.05) is 20.3 Å². The average Bonchev–Trinajstić information content (AvgIpc) is 2.60. The first-order valence-electron chi connectivity index (χ1n) is 8.74. The van der Waals surface area contributed by atoms with Crippen LogP contribution in [-0.2, 0) is 25.5 Å². The molecule has 0 heterocycles. The Balaban J connectivity index is 2.56. The number of hydrogen-bond acceptors (Lipinski definition) is 5. The van der Waals surface area contributed by atoms with Crippen LogP contribution in [-0.4, -0.2) is 38.4 Å². The zero-order chi connectivity index (χ0) is 20.2. The molecular formula is C19H23F3O5. The van der Waals surface area contributed by atoms with Crippen LogP contribution in [0.3, 0.4) is 0 Å². The number of carbonyl (C=O) groups is 2. The molecule has 0 N–H and O–H groups in total. The monoisotopic (exact) mass is 388 g/mol. The molecule has 2 rings (SSSR count). The van der Waals surface area contributed by atoms with Gasteiger partial charge < -0.3 is 14.2 Å². The number of fused-ring (bicyclic) bond motifs is 1. The van der Waals surface area contributed by atoms with Gasteiger partial charge in [0.15, 0.2) is 5.41 Å². The largest absolute Gasteiger partial charge is 0.497 e. The van der Waals surface area contributed by atoms with Crippen molar-refractivity contribution in [1.82, 2.24) is 0 Å². The quantitative estimate of drug-likeness (QED) is 0.548. The maximum absolute atomic E-state index is 13.2. The lowest BCUT2D eigenvalue weighted by atomic mass is 9.66. The second kappa shape index (κ2) is 8.19. The molecular weight excluding hydrogens is 365 g/mol. The molecule has 0 fully saturated rings. The maximum Gasteiger partial charge on any atom is 0.389 e. The molecule has 1 aromatic carbocycles. The molecule has 0 spiro atoms. The van der Waals surface area contributed by atoms with E-state index in [1.807, 2.05) is 0 Å². The fourth-order valence-corrected chi connectivity index (χ4v) is 3.56. The van der Waals surface area contributed by atoms with Gasteiger partial charge in [-0.3, -0.25) is 9.59 Å². The van der Waals surface area contributed by atoms with E-state index >= 15 is 0 Å². The molecule has 27 heavy (non-hydrogen) atoms. The molecule has 0 aliphatic heterocycles. The summed E-state index contributed by atoms with van der Waals surface area (Å²) in [5.41, 5.74) is -0.878. The minimum absolute atomic E-state index is 0.0133. The number of esters is 2. The van der Waals surface area contributed by atoms with Crippen molar-refractivity contribution in [1.29, 1.82) is 0 Å². The summed E-state index contributed by atoms with van der Waals surface area (Å²) in [6.45, 7) is 3.18. The molecule has 0 bridgehead atoms. The van der Waals surface area contributed by atoms with Gasteiger partial charge >= 0.3 is 18.1 Å². The van der Waals surface area contributed by atoms with Crippen molar-refractivity contribution in [2.45, 2.75) is 45.2 Å². The van der Waals surface area contributed by atoms with Crippen LogP contribution in [0.4, 0.5) is 13.2 Å². The lowest BCUT2D eigenvalue weighted by Gasteiger charge is -2.38. The first-order valence-corrected chi connectivity index (χ1v) is 8.74. The molecule has 1 aliphatic rings. The summed E-state index contributed by atoms with van der Waals surface area (Å²) in [6, 6.07) is 4.71. The number of carbonyl (C=O) groups excluding carboxylic acids is 2. The summed E-state index contributed by atoms with van der Waals surface area (Å²) in [5.74, 6) is -2.37. The SMILES string of the molecule is CCOC(=O)C1(C(=O)OCC)Cc2ccc(OC)cc2C(CC(F)(F)F)C1. The number of alkyl halides is 3. The minimum atomic E-state index is -4.46. The molecule has 1 atom stereocenters. The number of benzene rings is 1. The van der Waals surface area contributed by atoms with Gasteiger partial charge in [0.05, 0.1) is 26.7 Å². The molecule has 0 amide bonds. The van der Waals surface area contributed by atoms with Crippen LogP contribution in [0.5, 0.6) is 5.75 Å². The summed E-state index contributed by atoms with van der Waals surface area (Å²) < 4.78 is 54.8. The van der Waals surface area contributed by atoms with Crippen molar-refractivity contribution in [2.24, 2.45) is 5.41 Å². The minimum Gasteiger partial charge on any atom is -0.497 e. The van der Waals surface area contributed by atoms with E-state index in [4.69, 9.17) is 14.2 Å². The fourth-order valence-electron chi connectivity index (χ4n) is 3.56. The van der Waals surface area contributed by atoms with E-state index in [-0.39, 0.29) is 26.1 Å². The third kappa shape index (κ3) is 4.54. The van der Waals surface area contributed by atoms with Crippen molar-refractivity contribution in [3.63, 3.8) is 0 Å². The number of ether oxygens (including phenoxy) is 3. The Morgan fingerprint density at radius 2 is 1.74 bits per heavy atom. The highest BCUT2D eigenvalue weighted by Crippen LogP contribution is 2.48. The molecule has 8 heteroatoms. The maximum atomic E-state index is 13.2. The highest BCUT2D eigenvalue weighted by Gasteiger charge is 2.54. The normalized spacial score (nSPS) is 18.4. The summed E-state index contributed by atoms with van der Waals surface area (Å²) in [5, 5.41) is 0. The third-order valence-corrected chi connectivity index (χ3v) is 4.69. The molecule has 0 radical (unpaired) electrons. The Hall–Kier alpha value is -2.25. The lowest BCUT2D eigenvalue weighted by Crippen LogP contribution is -2.47. The highest BCUT2D eigenvalue weighted by atomic mass is 19.4. The standard InChI is InChI=1S/C19H23F3O5/c1-4-26-16(23)18(17(24)27-5-2)9-12-6-7-14(25-3)8-15(12)13(10-18)11-19(20,21)22/h6-8,13H,4-5,9-11H2,1-3H3. The molecule has 5 nitrogen and oxygen atoms in total. The van der Waals surface area contributed by atoms with Crippen molar-refractivity contribution < 1.29 is 37.0 Å². The number of hydrogen-bond donors (Lipinski definition) is 0. The Labute approximate surface area is 155 Å². The van der Waals surface area contributed by atoms with Crippen LogP contribution in [0.2, 0.25) is 0 Å². The van der Waals surface area contributed by atoms with E-state index < -0.39 is 35.9 Å². The van der Waals surface area contributed by atoms with Crippen LogP contribution in [0.25, 0.3) is 0 Å². The molecule has 1 aliphatic carbocycles. The molecule has 1 aromatic rings. The van der Waals surface area contributed by atoms with Gasteiger partial charge in [-0.2, -0.15) is 13.2 Å². The molecule has 0 saturated heterocycles. The van der Waals surface area contributed by atoms with Gasteiger partial charge in [-0.15, -0.1) is 0 Å². The van der Waals surface area contributed by atoms with Crippen LogP contribution >= 0.6 is 0 Å². The van der Waals surface area contributed by atoms with Crippen LogP contribution in [0.1, 0.15) is 43.7 Å². The second-order valence-electron chi connectivity index (χ2n) is 6.48. The zero-order valence-electron chi connectivity index (χ0n) is 15.5. The molecule has 150 valence electrons. The van der Waals surface area contributed by atoms with Crippen molar-refractivity contribution in [3.8, 4) is 5.75 Å². The summed E-state index contributed by atoms with van der Waals surface area (Å²) in [6.07, 6.45) is -6.02. The van der Waals surface area contributed by atoms with E-state index in [0.29, 0.717) is 16.9 Å². The average molecular weight is 388 g/mol. The molecule has 0 saturated carbocycles. The Morgan fingerprint density at radius 3 is 2.22 bits per heavy atom. The van der Waals surface area contributed by atoms with Gasteiger partial charge in [0.1, 0.15) is 5.75 Å². The van der Waals surface area contributed by atoms with Gasteiger partial charge in [-0.1, -0.05) is 6.07 Å². The van der Waals surface area contributed by atoms with Crippen LogP contribution in [0, 0.1) is 5.41 Å². The highest BCUT2D eigenvalue weighted by molar-refractivity contribution is 6.01. The lowest BCUT2D eigenvalue weighted by molar-refractivity contribution is -0.176. The summed E-state index contributed by atoms with van der Waals surface area (Å²) in [4.78, 5) is 25.3. The number of halogens is 3. The second-order valence-corrected chi connectivity index (χ2v) is 6.48. The van der Waals surface area contributed by atoms with Gasteiger partial charge in [-0.05, 0) is 55.9 Å². The van der Waals surface area contributed by atoms with Crippen molar-refractivity contribution >= 4 is 11.9 Å². The molecule has 0 aromatic heterocycles. The molecule has 1 unspecified atom stereocenters. The van der Waals surface area contributed by atoms with E-state index in [1.54, 1.807) is 26.0 Å². The van der Waals surface area contributed by atoms with Gasteiger partial charge in [0, 0.05) is 0 Å². The first kappa shape index (κ1) is 21.1. The fraction of sp³-hybridized carbons (Fsp3) is 0.579. The predicted molar refractivity (Wildman–Crippen MR) is 90.4 cm³/mol. The number of methoxy groups -OCH3 is 1. The van der Waals surface area contributed by atoms with E-state index in [0.717, 1.165) is 0 Å². The smallest absolute Gasteiger partial charge is 0.389 e. The van der Waals surface area contributed by atoms with Gasteiger partial charge in [0.25, 0.3) is 0 Å². The van der Waals surface area contributed by atoms with Gasteiger partial charge in [0.2, 0.25) is 0 Å². The number of rotatable bonds is 6. The van der Waals surface area contributed by atoms with Crippen LogP contribution < -0.4 is 4.74 Å². The third-order valence-electron chi connectivity index (χ3n) is 4.69. The zero-order valence-corrected chi connectivity index (χ0v) is 15.5. The summed E-state index contributed by atoms with van der Waals surface area (Å²) >= 11 is 0. The van der Waals surface area contributed by atoms with E-state index in [2.05, 4.69) is 0 Å². The Kier molecular flexibility index (Phi) is 6.38. The van der Waals surface area contributed by atoms with Crippen LogP contribution in [0.15, 0.2) is 18.2 Å². The Bertz CT molecular complexity index is 681.